The Morgan fingerprint density at radius 3 is 2.76 bits per heavy atom. The van der Waals surface area contributed by atoms with E-state index in [-0.39, 0.29) is 5.75 Å². The largest absolute Gasteiger partial charge is 0.507 e. The smallest absolute Gasteiger partial charge is 0.273 e. The predicted octanol–water partition coefficient (Wildman–Crippen LogP) is 1.67. The van der Waals surface area contributed by atoms with Crippen molar-refractivity contribution in [3.05, 3.63) is 53.6 Å². The van der Waals surface area contributed by atoms with Crippen molar-refractivity contribution in [3.8, 4) is 11.7 Å². The standard InChI is InChI=1S/C14H14N6O/c1-10-7-11(2)20(18-10)14-17-15-9-19(14)16-8-12-5-3-4-6-13(12)21/h3-9,21H,1-2H3. The van der Waals surface area contributed by atoms with Crippen molar-refractivity contribution in [1.29, 1.82) is 0 Å². The molecule has 21 heavy (non-hydrogen) atoms. The molecule has 0 bridgehead atoms. The van der Waals surface area contributed by atoms with Crippen molar-refractivity contribution >= 4 is 6.21 Å². The van der Waals surface area contributed by atoms with Gasteiger partial charge in [-0.05, 0) is 32.0 Å². The molecular formula is C14H14N6O. The van der Waals surface area contributed by atoms with Gasteiger partial charge in [0, 0.05) is 11.3 Å². The second kappa shape index (κ2) is 5.20. The highest BCUT2D eigenvalue weighted by molar-refractivity contribution is 5.83. The lowest BCUT2D eigenvalue weighted by Crippen LogP contribution is -2.06. The number of rotatable bonds is 3. The van der Waals surface area contributed by atoms with E-state index in [0.29, 0.717) is 11.5 Å². The van der Waals surface area contributed by atoms with Crippen LogP contribution in [0.1, 0.15) is 17.0 Å². The van der Waals surface area contributed by atoms with Gasteiger partial charge < -0.3 is 5.11 Å². The Morgan fingerprint density at radius 2 is 2.05 bits per heavy atom. The van der Waals surface area contributed by atoms with Crippen LogP contribution in [0.15, 0.2) is 41.8 Å². The Labute approximate surface area is 121 Å². The maximum atomic E-state index is 9.72. The van der Waals surface area contributed by atoms with Gasteiger partial charge in [0.25, 0.3) is 5.95 Å². The maximum absolute atomic E-state index is 9.72. The minimum atomic E-state index is 0.169. The summed E-state index contributed by atoms with van der Waals surface area (Å²) in [6.45, 7) is 3.85. The van der Waals surface area contributed by atoms with E-state index >= 15 is 0 Å². The summed E-state index contributed by atoms with van der Waals surface area (Å²) in [5.74, 6) is 0.661. The summed E-state index contributed by atoms with van der Waals surface area (Å²) in [6, 6.07) is 8.91. The molecule has 0 aliphatic carbocycles. The van der Waals surface area contributed by atoms with E-state index in [4.69, 9.17) is 0 Å². The molecule has 2 aromatic heterocycles. The van der Waals surface area contributed by atoms with Gasteiger partial charge >= 0.3 is 0 Å². The van der Waals surface area contributed by atoms with E-state index in [1.165, 1.54) is 11.0 Å². The molecule has 2 heterocycles. The average molecular weight is 282 g/mol. The highest BCUT2D eigenvalue weighted by atomic mass is 16.3. The second-order valence-corrected chi connectivity index (χ2v) is 4.62. The fourth-order valence-electron chi connectivity index (χ4n) is 2.00. The molecule has 0 saturated carbocycles. The third-order valence-corrected chi connectivity index (χ3v) is 2.97. The molecule has 0 spiro atoms. The van der Waals surface area contributed by atoms with E-state index in [2.05, 4.69) is 20.4 Å². The van der Waals surface area contributed by atoms with Gasteiger partial charge in [-0.15, -0.1) is 10.2 Å². The number of aromatic nitrogens is 5. The summed E-state index contributed by atoms with van der Waals surface area (Å²) in [5, 5.41) is 26.2. The Morgan fingerprint density at radius 1 is 1.24 bits per heavy atom. The number of aryl methyl sites for hydroxylation is 2. The van der Waals surface area contributed by atoms with Crippen molar-refractivity contribution in [2.45, 2.75) is 13.8 Å². The lowest BCUT2D eigenvalue weighted by molar-refractivity contribution is 0.474. The van der Waals surface area contributed by atoms with E-state index in [1.807, 2.05) is 26.0 Å². The maximum Gasteiger partial charge on any atom is 0.273 e. The fraction of sp³-hybridized carbons (Fsp3) is 0.143. The van der Waals surface area contributed by atoms with Crippen molar-refractivity contribution in [2.75, 3.05) is 0 Å². The van der Waals surface area contributed by atoms with E-state index < -0.39 is 0 Å². The third kappa shape index (κ3) is 2.53. The summed E-state index contributed by atoms with van der Waals surface area (Å²) in [4.78, 5) is 0. The lowest BCUT2D eigenvalue weighted by atomic mass is 10.2. The SMILES string of the molecule is Cc1cc(C)n(-c2nncn2N=Cc2ccccc2O)n1. The van der Waals surface area contributed by atoms with Crippen LogP contribution in [-0.2, 0) is 0 Å². The molecule has 1 N–H and O–H groups in total. The van der Waals surface area contributed by atoms with Gasteiger partial charge in [0.05, 0.1) is 11.9 Å². The van der Waals surface area contributed by atoms with Crippen molar-refractivity contribution in [1.82, 2.24) is 24.7 Å². The number of phenolic OH excluding ortho intramolecular Hbond substituents is 1. The summed E-state index contributed by atoms with van der Waals surface area (Å²) in [7, 11) is 0. The molecule has 1 aromatic carbocycles. The first kappa shape index (κ1) is 13.0. The molecule has 3 rings (SSSR count). The monoisotopic (exact) mass is 282 g/mol. The van der Waals surface area contributed by atoms with Crippen LogP contribution in [0.5, 0.6) is 5.75 Å². The topological polar surface area (TPSA) is 81.1 Å². The molecule has 0 atom stereocenters. The number of para-hydroxylation sites is 1. The molecule has 7 heteroatoms. The predicted molar refractivity (Wildman–Crippen MR) is 77.7 cm³/mol. The van der Waals surface area contributed by atoms with E-state index in [0.717, 1.165) is 11.4 Å². The average Bonchev–Trinajstić information content (AvgIpc) is 3.04. The van der Waals surface area contributed by atoms with Gasteiger partial charge in [0.15, 0.2) is 0 Å². The molecule has 3 aromatic rings. The Kier molecular flexibility index (Phi) is 3.23. The van der Waals surface area contributed by atoms with Gasteiger partial charge in [-0.3, -0.25) is 0 Å². The van der Waals surface area contributed by atoms with Gasteiger partial charge in [-0.1, -0.05) is 12.1 Å². The number of hydrogen-bond acceptors (Lipinski definition) is 5. The van der Waals surface area contributed by atoms with Crippen LogP contribution in [-0.4, -0.2) is 36.0 Å². The molecule has 0 amide bonds. The molecule has 0 aliphatic rings. The van der Waals surface area contributed by atoms with Crippen LogP contribution in [0.3, 0.4) is 0 Å². The highest BCUT2D eigenvalue weighted by Gasteiger charge is 2.10. The summed E-state index contributed by atoms with van der Waals surface area (Å²) < 4.78 is 3.18. The second-order valence-electron chi connectivity index (χ2n) is 4.62. The Hall–Kier alpha value is -2.96. The zero-order valence-corrected chi connectivity index (χ0v) is 11.7. The Balaban J connectivity index is 1.97. The van der Waals surface area contributed by atoms with Crippen LogP contribution >= 0.6 is 0 Å². The number of hydrogen-bond donors (Lipinski definition) is 1. The molecule has 106 valence electrons. The molecule has 0 unspecified atom stereocenters. The number of nitrogens with zero attached hydrogens (tertiary/aromatic N) is 6. The minimum absolute atomic E-state index is 0.169. The fourth-order valence-corrected chi connectivity index (χ4v) is 2.00. The van der Waals surface area contributed by atoms with Gasteiger partial charge in [0.2, 0.25) is 0 Å². The van der Waals surface area contributed by atoms with Crippen LogP contribution in [0.25, 0.3) is 5.95 Å². The van der Waals surface area contributed by atoms with E-state index in [1.54, 1.807) is 29.1 Å². The normalized spacial score (nSPS) is 11.3. The van der Waals surface area contributed by atoms with E-state index in [9.17, 15) is 5.11 Å². The number of aromatic hydroxyl groups is 1. The molecular weight excluding hydrogens is 268 g/mol. The first-order valence-corrected chi connectivity index (χ1v) is 6.41. The zero-order chi connectivity index (χ0) is 14.8. The van der Waals surface area contributed by atoms with Gasteiger partial charge in [0.1, 0.15) is 12.1 Å². The van der Waals surface area contributed by atoms with Crippen LogP contribution in [0.4, 0.5) is 0 Å². The molecule has 0 fully saturated rings. The molecule has 0 aliphatic heterocycles. The summed E-state index contributed by atoms with van der Waals surface area (Å²) >= 11 is 0. The summed E-state index contributed by atoms with van der Waals surface area (Å²) in [6.07, 6.45) is 3.04. The van der Waals surface area contributed by atoms with Crippen molar-refractivity contribution in [2.24, 2.45) is 5.10 Å². The van der Waals surface area contributed by atoms with Crippen LogP contribution in [0, 0.1) is 13.8 Å². The van der Waals surface area contributed by atoms with Gasteiger partial charge in [-0.25, -0.2) is 4.68 Å². The van der Waals surface area contributed by atoms with Crippen LogP contribution < -0.4 is 0 Å². The van der Waals surface area contributed by atoms with Crippen molar-refractivity contribution in [3.63, 3.8) is 0 Å². The summed E-state index contributed by atoms with van der Waals surface area (Å²) in [5.41, 5.74) is 2.46. The zero-order valence-electron chi connectivity index (χ0n) is 11.7. The highest BCUT2D eigenvalue weighted by Crippen LogP contribution is 2.13. The quantitative estimate of drug-likeness (QED) is 0.741. The minimum Gasteiger partial charge on any atom is -0.507 e. The first-order chi connectivity index (χ1) is 10.1. The molecule has 0 radical (unpaired) electrons. The number of phenols is 1. The first-order valence-electron chi connectivity index (χ1n) is 6.41. The molecule has 0 saturated heterocycles. The number of benzene rings is 1. The van der Waals surface area contributed by atoms with Crippen LogP contribution in [0.2, 0.25) is 0 Å². The lowest BCUT2D eigenvalue weighted by Gasteiger charge is -2.02. The third-order valence-electron chi connectivity index (χ3n) is 2.97. The molecule has 7 nitrogen and oxygen atoms in total. The van der Waals surface area contributed by atoms with Crippen molar-refractivity contribution < 1.29 is 5.11 Å². The van der Waals surface area contributed by atoms with Gasteiger partial charge in [-0.2, -0.15) is 14.9 Å². The Bertz CT molecular complexity index is 801.